The Morgan fingerprint density at radius 1 is 1.00 bits per heavy atom. The smallest absolute Gasteiger partial charge is 0.262 e. The lowest BCUT2D eigenvalue weighted by molar-refractivity contribution is 0.0950. The molecule has 1 aliphatic heterocycles. The molecular weight excluding hydrogens is 412 g/mol. The molecule has 2 heterocycles. The van der Waals surface area contributed by atoms with Crippen molar-refractivity contribution < 1.29 is 4.79 Å². The van der Waals surface area contributed by atoms with Crippen LogP contribution in [-0.2, 0) is 0 Å². The number of carbonyl (C=O) groups excluding carboxylic acids is 1. The first-order chi connectivity index (χ1) is 15.0. The lowest BCUT2D eigenvalue weighted by atomic mass is 10.1. The van der Waals surface area contributed by atoms with Gasteiger partial charge in [0.2, 0.25) is 0 Å². The zero-order chi connectivity index (χ0) is 21.8. The Hall–Kier alpha value is -2.67. The molecule has 0 saturated carbocycles. The van der Waals surface area contributed by atoms with Crippen molar-refractivity contribution in [2.75, 3.05) is 46.3 Å². The first-order valence-corrected chi connectivity index (χ1v) is 11.0. The summed E-state index contributed by atoms with van der Waals surface area (Å²) in [5.74, 6) is -0.169. The van der Waals surface area contributed by atoms with Gasteiger partial charge in [-0.3, -0.25) is 14.2 Å². The number of rotatable bonds is 6. The highest BCUT2D eigenvalue weighted by molar-refractivity contribution is 6.30. The van der Waals surface area contributed by atoms with E-state index in [0.29, 0.717) is 33.6 Å². The molecule has 0 unspecified atom stereocenters. The molecule has 1 saturated heterocycles. The number of pyridine rings is 1. The van der Waals surface area contributed by atoms with E-state index in [1.807, 2.05) is 18.2 Å². The second kappa shape index (κ2) is 9.64. The maximum Gasteiger partial charge on any atom is 0.262 e. The number of nitrogens with one attached hydrogen (secondary N) is 1. The van der Waals surface area contributed by atoms with Crippen LogP contribution in [0.15, 0.2) is 59.5 Å². The Bertz CT molecular complexity index is 1120. The number of piperazine rings is 1. The molecule has 1 amide bonds. The Labute approximate surface area is 187 Å². The molecule has 1 aliphatic rings. The largest absolute Gasteiger partial charge is 0.352 e. The molecular formula is C24H27ClN4O2. The summed E-state index contributed by atoms with van der Waals surface area (Å²) in [5.41, 5.74) is 0.999. The predicted octanol–water partition coefficient (Wildman–Crippen LogP) is 3.01. The summed E-state index contributed by atoms with van der Waals surface area (Å²) in [5, 5.41) is 4.81. The lowest BCUT2D eigenvalue weighted by Gasteiger charge is -2.32. The zero-order valence-corrected chi connectivity index (χ0v) is 18.4. The van der Waals surface area contributed by atoms with Crippen LogP contribution < -0.4 is 10.9 Å². The van der Waals surface area contributed by atoms with Crippen LogP contribution in [0, 0.1) is 0 Å². The summed E-state index contributed by atoms with van der Waals surface area (Å²) < 4.78 is 1.51. The number of nitrogens with zero attached hydrogens (tertiary/aromatic N) is 3. The summed E-state index contributed by atoms with van der Waals surface area (Å²) in [6.45, 7) is 5.89. The molecule has 0 bridgehead atoms. The van der Waals surface area contributed by atoms with Gasteiger partial charge in [-0.1, -0.05) is 29.8 Å². The summed E-state index contributed by atoms with van der Waals surface area (Å²) in [6.07, 6.45) is 2.52. The van der Waals surface area contributed by atoms with Crippen molar-refractivity contribution in [3.63, 3.8) is 0 Å². The molecule has 1 fully saturated rings. The number of halogens is 1. The minimum atomic E-state index is -0.169. The van der Waals surface area contributed by atoms with Gasteiger partial charge in [-0.15, -0.1) is 0 Å². The first kappa shape index (κ1) is 21.6. The first-order valence-electron chi connectivity index (χ1n) is 10.6. The SMILES string of the molecule is CN1CCN(CCCNC(=O)c2cn(-c3ccc(Cl)cc3)c(=O)c3ccccc23)CC1. The maximum atomic E-state index is 13.0. The van der Waals surface area contributed by atoms with Gasteiger partial charge >= 0.3 is 0 Å². The lowest BCUT2D eigenvalue weighted by Crippen LogP contribution is -2.45. The number of hydrogen-bond donors (Lipinski definition) is 1. The van der Waals surface area contributed by atoms with E-state index in [1.54, 1.807) is 36.5 Å². The topological polar surface area (TPSA) is 57.6 Å². The molecule has 0 spiro atoms. The van der Waals surface area contributed by atoms with Crippen LogP contribution >= 0.6 is 11.6 Å². The molecule has 4 rings (SSSR count). The van der Waals surface area contributed by atoms with Crippen LogP contribution in [0.1, 0.15) is 16.8 Å². The number of fused-ring (bicyclic) bond motifs is 1. The average molecular weight is 439 g/mol. The van der Waals surface area contributed by atoms with Crippen molar-refractivity contribution in [2.45, 2.75) is 6.42 Å². The minimum absolute atomic E-state index is 0.162. The van der Waals surface area contributed by atoms with Crippen molar-refractivity contribution in [1.82, 2.24) is 19.7 Å². The molecule has 0 aliphatic carbocycles. The van der Waals surface area contributed by atoms with Crippen LogP contribution in [0.4, 0.5) is 0 Å². The summed E-state index contributed by atoms with van der Waals surface area (Å²) in [6, 6.07) is 14.3. The third kappa shape index (κ3) is 4.98. The van der Waals surface area contributed by atoms with Crippen LogP contribution in [0.25, 0.3) is 16.5 Å². The Balaban J connectivity index is 1.52. The molecule has 31 heavy (non-hydrogen) atoms. The van der Waals surface area contributed by atoms with Crippen molar-refractivity contribution >= 4 is 28.3 Å². The quantitative estimate of drug-likeness (QED) is 0.601. The van der Waals surface area contributed by atoms with Crippen molar-refractivity contribution in [3.05, 3.63) is 75.7 Å². The molecule has 6 nitrogen and oxygen atoms in total. The van der Waals surface area contributed by atoms with Gasteiger partial charge in [0.25, 0.3) is 11.5 Å². The summed E-state index contributed by atoms with van der Waals surface area (Å²) >= 11 is 5.99. The zero-order valence-electron chi connectivity index (χ0n) is 17.7. The van der Waals surface area contributed by atoms with Gasteiger partial charge in [0, 0.05) is 60.4 Å². The number of benzene rings is 2. The van der Waals surface area contributed by atoms with E-state index >= 15 is 0 Å². The van der Waals surface area contributed by atoms with Gasteiger partial charge in [0.1, 0.15) is 0 Å². The van der Waals surface area contributed by atoms with E-state index in [-0.39, 0.29) is 11.5 Å². The van der Waals surface area contributed by atoms with Crippen molar-refractivity contribution in [1.29, 1.82) is 0 Å². The van der Waals surface area contributed by atoms with Gasteiger partial charge in [0.05, 0.1) is 5.56 Å². The van der Waals surface area contributed by atoms with E-state index in [9.17, 15) is 9.59 Å². The molecule has 7 heteroatoms. The highest BCUT2D eigenvalue weighted by Gasteiger charge is 2.16. The monoisotopic (exact) mass is 438 g/mol. The Kier molecular flexibility index (Phi) is 6.70. The molecule has 0 radical (unpaired) electrons. The van der Waals surface area contributed by atoms with Crippen LogP contribution in [-0.4, -0.2) is 66.6 Å². The van der Waals surface area contributed by atoms with E-state index in [2.05, 4.69) is 22.2 Å². The number of hydrogen-bond acceptors (Lipinski definition) is 4. The van der Waals surface area contributed by atoms with E-state index in [0.717, 1.165) is 39.1 Å². The van der Waals surface area contributed by atoms with Crippen LogP contribution in [0.2, 0.25) is 5.02 Å². The highest BCUT2D eigenvalue weighted by Crippen LogP contribution is 2.19. The number of amides is 1. The van der Waals surface area contributed by atoms with Crippen LogP contribution in [0.5, 0.6) is 0 Å². The number of likely N-dealkylation sites (N-methyl/N-ethyl adjacent to an activating group) is 1. The third-order valence-electron chi connectivity index (χ3n) is 5.81. The molecule has 0 atom stereocenters. The van der Waals surface area contributed by atoms with E-state index in [1.165, 1.54) is 4.57 Å². The summed E-state index contributed by atoms with van der Waals surface area (Å²) in [4.78, 5) is 30.8. The fourth-order valence-electron chi connectivity index (χ4n) is 3.94. The molecule has 162 valence electrons. The maximum absolute atomic E-state index is 13.0. The third-order valence-corrected chi connectivity index (χ3v) is 6.06. The predicted molar refractivity (Wildman–Crippen MR) is 125 cm³/mol. The second-order valence-corrected chi connectivity index (χ2v) is 8.43. The highest BCUT2D eigenvalue weighted by atomic mass is 35.5. The van der Waals surface area contributed by atoms with Crippen molar-refractivity contribution in [3.8, 4) is 5.69 Å². The second-order valence-electron chi connectivity index (χ2n) is 7.99. The molecule has 1 aromatic heterocycles. The Morgan fingerprint density at radius 3 is 2.39 bits per heavy atom. The van der Waals surface area contributed by atoms with Gasteiger partial charge in [0.15, 0.2) is 0 Å². The van der Waals surface area contributed by atoms with Gasteiger partial charge in [-0.25, -0.2) is 0 Å². The number of aromatic nitrogens is 1. The van der Waals surface area contributed by atoms with E-state index < -0.39 is 0 Å². The van der Waals surface area contributed by atoms with Crippen LogP contribution in [0.3, 0.4) is 0 Å². The fraction of sp³-hybridized carbons (Fsp3) is 0.333. The normalized spacial score (nSPS) is 15.3. The summed E-state index contributed by atoms with van der Waals surface area (Å²) in [7, 11) is 2.14. The average Bonchev–Trinajstić information content (AvgIpc) is 2.79. The fourth-order valence-corrected chi connectivity index (χ4v) is 4.06. The van der Waals surface area contributed by atoms with Gasteiger partial charge < -0.3 is 15.1 Å². The molecule has 3 aromatic rings. The van der Waals surface area contributed by atoms with Crippen molar-refractivity contribution in [2.24, 2.45) is 0 Å². The minimum Gasteiger partial charge on any atom is -0.352 e. The van der Waals surface area contributed by atoms with Gasteiger partial charge in [-0.2, -0.15) is 0 Å². The van der Waals surface area contributed by atoms with Gasteiger partial charge in [-0.05, 0) is 50.3 Å². The standard InChI is InChI=1S/C24H27ClN4O2/c1-27-13-15-28(16-14-27)12-4-11-26-23(30)22-17-29(19-9-7-18(25)8-10-19)24(31)21-6-3-2-5-20(21)22/h2-3,5-10,17H,4,11-16H2,1H3,(H,26,30). The molecule has 1 N–H and O–H groups in total. The Morgan fingerprint density at radius 2 is 1.68 bits per heavy atom. The molecule has 2 aromatic carbocycles. The van der Waals surface area contributed by atoms with E-state index in [4.69, 9.17) is 11.6 Å². The number of carbonyl (C=O) groups is 1.